The van der Waals surface area contributed by atoms with Gasteiger partial charge in [0.1, 0.15) is 12.0 Å². The average molecular weight is 202 g/mol. The fourth-order valence-corrected chi connectivity index (χ4v) is 1.21. The zero-order chi connectivity index (χ0) is 11.1. The van der Waals surface area contributed by atoms with E-state index in [1.54, 1.807) is 6.07 Å². The third kappa shape index (κ3) is 3.09. The van der Waals surface area contributed by atoms with E-state index in [0.29, 0.717) is 12.2 Å². The van der Waals surface area contributed by atoms with Gasteiger partial charge in [0.15, 0.2) is 0 Å². The average Bonchev–Trinajstić information content (AvgIpc) is 2.30. The lowest BCUT2D eigenvalue weighted by Gasteiger charge is -1.97. The number of benzene rings is 2. The van der Waals surface area contributed by atoms with Crippen LogP contribution in [0.25, 0.3) is 10.8 Å². The number of carbonyl (C=O) groups excluding carboxylic acids is 1. The van der Waals surface area contributed by atoms with Gasteiger partial charge in [-0.05, 0) is 11.5 Å². The Bertz CT molecular complexity index is 430. The third-order valence-electron chi connectivity index (χ3n) is 1.93. The van der Waals surface area contributed by atoms with Crippen molar-refractivity contribution in [3.05, 3.63) is 42.5 Å². The van der Waals surface area contributed by atoms with Crippen molar-refractivity contribution in [2.24, 2.45) is 0 Å². The quantitative estimate of drug-likeness (QED) is 0.721. The molecule has 0 saturated carbocycles. The van der Waals surface area contributed by atoms with Crippen LogP contribution in [0.3, 0.4) is 0 Å². The summed E-state index contributed by atoms with van der Waals surface area (Å²) in [7, 11) is 0. The second kappa shape index (κ2) is 5.81. The van der Waals surface area contributed by atoms with Gasteiger partial charge in [0.25, 0.3) is 0 Å². The molecule has 0 atom stereocenters. The maximum Gasteiger partial charge on any atom is 0.123 e. The zero-order valence-corrected chi connectivity index (χ0v) is 8.68. The number of phenolic OH excluding ortho intramolecular Hbond substituents is 1. The minimum absolute atomic E-state index is 0.350. The molecule has 2 aromatic carbocycles. The van der Waals surface area contributed by atoms with Crippen LogP contribution >= 0.6 is 0 Å². The van der Waals surface area contributed by atoms with Crippen LogP contribution in [0.2, 0.25) is 0 Å². The molecule has 1 N–H and O–H groups in total. The van der Waals surface area contributed by atoms with E-state index in [9.17, 15) is 9.90 Å². The first-order valence-electron chi connectivity index (χ1n) is 4.90. The van der Waals surface area contributed by atoms with E-state index in [1.807, 2.05) is 43.3 Å². The summed E-state index contributed by atoms with van der Waals surface area (Å²) in [5.41, 5.74) is 0. The molecule has 0 saturated heterocycles. The summed E-state index contributed by atoms with van der Waals surface area (Å²) in [6.45, 7) is 1.81. The van der Waals surface area contributed by atoms with Crippen LogP contribution in [-0.2, 0) is 4.79 Å². The van der Waals surface area contributed by atoms with Gasteiger partial charge in [-0.1, -0.05) is 43.3 Å². The van der Waals surface area contributed by atoms with Gasteiger partial charge in [-0.25, -0.2) is 0 Å². The Morgan fingerprint density at radius 1 is 1.13 bits per heavy atom. The molecule has 0 aliphatic heterocycles. The minimum Gasteiger partial charge on any atom is -0.507 e. The fraction of sp³-hybridized carbons (Fsp3) is 0.154. The molecule has 0 amide bonds. The molecule has 0 spiro atoms. The van der Waals surface area contributed by atoms with Crippen LogP contribution in [0.4, 0.5) is 0 Å². The molecule has 2 nitrogen and oxygen atoms in total. The molecule has 0 aliphatic rings. The summed E-state index contributed by atoms with van der Waals surface area (Å²) < 4.78 is 0. The van der Waals surface area contributed by atoms with E-state index in [2.05, 4.69) is 0 Å². The van der Waals surface area contributed by atoms with Crippen LogP contribution in [-0.4, -0.2) is 11.4 Å². The second-order valence-corrected chi connectivity index (χ2v) is 3.07. The summed E-state index contributed by atoms with van der Waals surface area (Å²) in [5.74, 6) is 0.350. The van der Waals surface area contributed by atoms with Crippen LogP contribution < -0.4 is 0 Å². The number of hydrogen-bond acceptors (Lipinski definition) is 2. The predicted octanol–water partition coefficient (Wildman–Crippen LogP) is 3.14. The maximum atomic E-state index is 9.37. The van der Waals surface area contributed by atoms with Crippen molar-refractivity contribution < 1.29 is 9.90 Å². The van der Waals surface area contributed by atoms with Crippen LogP contribution in [0.1, 0.15) is 13.3 Å². The third-order valence-corrected chi connectivity index (χ3v) is 1.93. The lowest BCUT2D eigenvalue weighted by Crippen LogP contribution is -1.70. The summed E-state index contributed by atoms with van der Waals surface area (Å²) >= 11 is 0. The lowest BCUT2D eigenvalue weighted by molar-refractivity contribution is -0.107. The Balaban J connectivity index is 0.000000245. The van der Waals surface area contributed by atoms with Gasteiger partial charge in [-0.15, -0.1) is 0 Å². The van der Waals surface area contributed by atoms with Gasteiger partial charge in [0.2, 0.25) is 0 Å². The highest BCUT2D eigenvalue weighted by Crippen LogP contribution is 2.22. The number of rotatable bonds is 1. The molecule has 0 heterocycles. The molecular formula is C13H14O2. The number of hydrogen-bond donors (Lipinski definition) is 1. The molecule has 0 aliphatic carbocycles. The van der Waals surface area contributed by atoms with Gasteiger partial charge in [-0.2, -0.15) is 0 Å². The highest BCUT2D eigenvalue weighted by atomic mass is 16.3. The Morgan fingerprint density at radius 3 is 2.33 bits per heavy atom. The molecule has 2 heteroatoms. The Hall–Kier alpha value is -1.83. The minimum atomic E-state index is 0.350. The molecule has 2 rings (SSSR count). The van der Waals surface area contributed by atoms with Gasteiger partial charge < -0.3 is 9.90 Å². The summed E-state index contributed by atoms with van der Waals surface area (Å²) in [4.78, 5) is 9.17. The van der Waals surface area contributed by atoms with Crippen LogP contribution in [0.15, 0.2) is 42.5 Å². The van der Waals surface area contributed by atoms with Crippen molar-refractivity contribution in [3.63, 3.8) is 0 Å². The number of aromatic hydroxyl groups is 1. The van der Waals surface area contributed by atoms with Crippen LogP contribution in [0, 0.1) is 0 Å². The first-order valence-corrected chi connectivity index (χ1v) is 4.90. The fourth-order valence-electron chi connectivity index (χ4n) is 1.21. The first kappa shape index (κ1) is 11.2. The highest BCUT2D eigenvalue weighted by molar-refractivity contribution is 5.87. The van der Waals surface area contributed by atoms with Gasteiger partial charge >= 0.3 is 0 Å². The van der Waals surface area contributed by atoms with Gasteiger partial charge in [0, 0.05) is 11.8 Å². The number of fused-ring (bicyclic) bond motifs is 1. The van der Waals surface area contributed by atoms with Crippen LogP contribution in [0.5, 0.6) is 5.75 Å². The topological polar surface area (TPSA) is 37.3 Å². The lowest BCUT2D eigenvalue weighted by atomic mass is 10.1. The molecule has 2 aromatic rings. The van der Waals surface area contributed by atoms with Crippen molar-refractivity contribution in [1.29, 1.82) is 0 Å². The Kier molecular flexibility index (Phi) is 4.35. The Morgan fingerprint density at radius 2 is 1.73 bits per heavy atom. The van der Waals surface area contributed by atoms with E-state index in [0.717, 1.165) is 17.1 Å². The van der Waals surface area contributed by atoms with E-state index >= 15 is 0 Å². The summed E-state index contributed by atoms with van der Waals surface area (Å²) in [6, 6.07) is 13.3. The summed E-state index contributed by atoms with van der Waals surface area (Å²) in [5, 5.41) is 11.4. The smallest absolute Gasteiger partial charge is 0.123 e. The maximum absolute atomic E-state index is 9.37. The molecule has 15 heavy (non-hydrogen) atoms. The number of carbonyl (C=O) groups is 1. The van der Waals surface area contributed by atoms with Crippen molar-refractivity contribution in [3.8, 4) is 5.75 Å². The van der Waals surface area contributed by atoms with E-state index in [-0.39, 0.29) is 0 Å². The summed E-state index contributed by atoms with van der Waals surface area (Å²) in [6.07, 6.45) is 1.51. The van der Waals surface area contributed by atoms with Gasteiger partial charge in [-0.3, -0.25) is 0 Å². The normalized spacial score (nSPS) is 9.13. The van der Waals surface area contributed by atoms with Gasteiger partial charge in [0.05, 0.1) is 0 Å². The van der Waals surface area contributed by atoms with E-state index < -0.39 is 0 Å². The number of phenols is 1. The predicted molar refractivity (Wildman–Crippen MR) is 62.0 cm³/mol. The van der Waals surface area contributed by atoms with E-state index in [1.165, 1.54) is 0 Å². The first-order chi connectivity index (χ1) is 7.29. The molecule has 0 unspecified atom stereocenters. The molecule has 0 aromatic heterocycles. The molecular weight excluding hydrogens is 188 g/mol. The molecule has 0 radical (unpaired) electrons. The standard InChI is InChI=1S/C10H8O.C3H6O/c11-10-7-3-5-8-4-1-2-6-9(8)10;1-2-3-4/h1-7,11H;3H,2H2,1H3. The Labute approximate surface area is 89.2 Å². The van der Waals surface area contributed by atoms with Crippen molar-refractivity contribution in [1.82, 2.24) is 0 Å². The highest BCUT2D eigenvalue weighted by Gasteiger charge is 1.94. The zero-order valence-electron chi connectivity index (χ0n) is 8.68. The van der Waals surface area contributed by atoms with Crippen molar-refractivity contribution >= 4 is 17.1 Å². The number of aldehydes is 1. The van der Waals surface area contributed by atoms with E-state index in [4.69, 9.17) is 0 Å². The second-order valence-electron chi connectivity index (χ2n) is 3.07. The molecule has 0 fully saturated rings. The SMILES string of the molecule is CCC=O.Oc1cccc2ccccc12. The monoisotopic (exact) mass is 202 g/mol. The van der Waals surface area contributed by atoms with Crippen molar-refractivity contribution in [2.45, 2.75) is 13.3 Å². The largest absolute Gasteiger partial charge is 0.507 e. The molecule has 0 bridgehead atoms. The van der Waals surface area contributed by atoms with Crippen molar-refractivity contribution in [2.75, 3.05) is 0 Å². The molecule has 78 valence electrons.